The average molecular weight is 170 g/mol. The van der Waals surface area contributed by atoms with Crippen LogP contribution in [-0.4, -0.2) is 6.61 Å². The van der Waals surface area contributed by atoms with E-state index in [0.29, 0.717) is 0 Å². The number of rotatable bonds is 5. The predicted octanol–water partition coefficient (Wildman–Crippen LogP) is 1.27. The summed E-state index contributed by atoms with van der Waals surface area (Å²) >= 11 is 0. The molecule has 6 heteroatoms. The van der Waals surface area contributed by atoms with Gasteiger partial charge in [-0.3, -0.25) is 13.4 Å². The summed E-state index contributed by atoms with van der Waals surface area (Å²) in [6.07, 6.45) is 1.44. The van der Waals surface area contributed by atoms with Crippen LogP contribution in [0, 0.1) is 0 Å². The van der Waals surface area contributed by atoms with Crippen LogP contribution in [0.2, 0.25) is 0 Å². The van der Waals surface area contributed by atoms with Gasteiger partial charge < -0.3 is 4.52 Å². The van der Waals surface area contributed by atoms with Crippen LogP contribution in [0.25, 0.3) is 0 Å². The van der Waals surface area contributed by atoms with Crippen molar-refractivity contribution in [1.29, 1.82) is 0 Å². The maximum atomic E-state index is 10.3. The molecule has 0 aromatic carbocycles. The molecule has 0 amide bonds. The van der Waals surface area contributed by atoms with Crippen molar-refractivity contribution in [3.63, 3.8) is 0 Å². The second-order valence-electron chi connectivity index (χ2n) is 1.06. The molecule has 4 nitrogen and oxygen atoms in total. The summed E-state index contributed by atoms with van der Waals surface area (Å²) in [6.45, 7) is 3.48. The predicted molar refractivity (Wildman–Crippen MR) is 36.6 cm³/mol. The first-order chi connectivity index (χ1) is 4.31. The van der Waals surface area contributed by atoms with Crippen LogP contribution < -0.4 is 0 Å². The van der Waals surface area contributed by atoms with E-state index < -0.39 is 16.9 Å². The molecule has 0 heterocycles. The van der Waals surface area contributed by atoms with Crippen molar-refractivity contribution in [3.8, 4) is 0 Å². The van der Waals surface area contributed by atoms with Gasteiger partial charge in [0.2, 0.25) is 0 Å². The molecule has 0 N–H and O–H groups in total. The first kappa shape index (κ1) is 9.12. The molecule has 9 heavy (non-hydrogen) atoms. The molecular weight excluding hydrogens is 162 g/mol. The largest absolute Gasteiger partial charge is 0.324 e. The van der Waals surface area contributed by atoms with Gasteiger partial charge in [-0.05, 0) is 0 Å². The molecule has 2 atom stereocenters. The fraction of sp³-hybridized carbons (Fsp3) is 0.333. The Balaban J connectivity index is 3.26. The van der Waals surface area contributed by atoms with Crippen LogP contribution in [-0.2, 0) is 18.0 Å². The molecule has 54 valence electrons. The molecule has 0 aromatic rings. The summed E-state index contributed by atoms with van der Waals surface area (Å²) in [5.41, 5.74) is 0. The second kappa shape index (κ2) is 6.24. The van der Waals surface area contributed by atoms with Crippen LogP contribution in [0.1, 0.15) is 0 Å². The van der Waals surface area contributed by atoms with Crippen molar-refractivity contribution < 1.29 is 18.0 Å². The molecular formula is C3H8O4P2. The van der Waals surface area contributed by atoms with E-state index in [1.54, 1.807) is 0 Å². The van der Waals surface area contributed by atoms with E-state index in [0.717, 1.165) is 0 Å². The molecule has 0 saturated carbocycles. The van der Waals surface area contributed by atoms with Crippen LogP contribution in [0.3, 0.4) is 0 Å². The van der Waals surface area contributed by atoms with Crippen LogP contribution >= 0.6 is 16.9 Å². The maximum absolute atomic E-state index is 10.3. The van der Waals surface area contributed by atoms with Gasteiger partial charge in [0, 0.05) is 0 Å². The van der Waals surface area contributed by atoms with Gasteiger partial charge in [-0.2, -0.15) is 0 Å². The lowest BCUT2D eigenvalue weighted by atomic mass is 10.7. The molecule has 0 aliphatic heterocycles. The minimum atomic E-state index is -2.50. The molecule has 0 spiro atoms. The van der Waals surface area contributed by atoms with E-state index >= 15 is 0 Å². The third kappa shape index (κ3) is 6.00. The Morgan fingerprint density at radius 2 is 2.44 bits per heavy atom. The van der Waals surface area contributed by atoms with Gasteiger partial charge >= 0.3 is 8.25 Å². The van der Waals surface area contributed by atoms with E-state index in [4.69, 9.17) is 0 Å². The average Bonchev–Trinajstić information content (AvgIpc) is 1.85. The zero-order valence-corrected chi connectivity index (χ0v) is 6.86. The molecule has 0 aliphatic carbocycles. The highest BCUT2D eigenvalue weighted by Crippen LogP contribution is 2.28. The molecule has 0 aromatic heterocycles. The van der Waals surface area contributed by atoms with Crippen molar-refractivity contribution >= 4 is 16.9 Å². The van der Waals surface area contributed by atoms with Gasteiger partial charge in [-0.25, -0.2) is 0 Å². The summed E-state index contributed by atoms with van der Waals surface area (Å²) in [6, 6.07) is 0. The Kier molecular flexibility index (Phi) is 6.33. The van der Waals surface area contributed by atoms with Gasteiger partial charge in [0.15, 0.2) is 8.69 Å². The first-order valence-electron chi connectivity index (χ1n) is 2.19. The van der Waals surface area contributed by atoms with Gasteiger partial charge in [-0.15, -0.1) is 6.58 Å². The lowest BCUT2D eigenvalue weighted by Crippen LogP contribution is -1.76. The zero-order valence-electron chi connectivity index (χ0n) is 4.70. The molecule has 0 radical (unpaired) electrons. The zero-order chi connectivity index (χ0) is 7.11. The Morgan fingerprint density at radius 1 is 1.78 bits per heavy atom. The molecule has 0 fully saturated rings. The van der Waals surface area contributed by atoms with Crippen molar-refractivity contribution in [2.45, 2.75) is 0 Å². The summed E-state index contributed by atoms with van der Waals surface area (Å²) in [4.78, 5) is 0. The van der Waals surface area contributed by atoms with Gasteiger partial charge in [-0.1, -0.05) is 6.08 Å². The molecule has 2 unspecified atom stereocenters. The summed E-state index contributed by atoms with van der Waals surface area (Å²) in [7, 11) is -3.93. The fourth-order valence-electron chi connectivity index (χ4n) is 0.200. The minimum Gasteiger partial charge on any atom is -0.306 e. The van der Waals surface area contributed by atoms with E-state index in [9.17, 15) is 9.13 Å². The Hall–Kier alpha value is 0.120. The van der Waals surface area contributed by atoms with Gasteiger partial charge in [0.05, 0.1) is 6.61 Å². The molecule has 0 saturated heterocycles. The van der Waals surface area contributed by atoms with E-state index in [-0.39, 0.29) is 6.61 Å². The van der Waals surface area contributed by atoms with Gasteiger partial charge in [0.25, 0.3) is 0 Å². The van der Waals surface area contributed by atoms with Crippen molar-refractivity contribution in [1.82, 2.24) is 0 Å². The standard InChI is InChI=1S/C3H8O4P2/c1-2-3-6-9(5)7-8-4/h2,9H,1,3,8H2. The van der Waals surface area contributed by atoms with Crippen molar-refractivity contribution in [2.75, 3.05) is 6.61 Å². The highest BCUT2D eigenvalue weighted by molar-refractivity contribution is 7.41. The van der Waals surface area contributed by atoms with E-state index in [2.05, 4.69) is 15.4 Å². The second-order valence-corrected chi connectivity index (χ2v) is 2.99. The number of hydrogen-bond donors (Lipinski definition) is 0. The highest BCUT2D eigenvalue weighted by atomic mass is 31.2. The summed E-state index contributed by atoms with van der Waals surface area (Å²) in [5.74, 6) is 0. The first-order valence-corrected chi connectivity index (χ1v) is 4.36. The number of hydrogen-bond acceptors (Lipinski definition) is 4. The fourth-order valence-corrected chi connectivity index (χ4v) is 1.04. The van der Waals surface area contributed by atoms with Crippen molar-refractivity contribution in [2.24, 2.45) is 0 Å². The Bertz CT molecular complexity index is 123. The van der Waals surface area contributed by atoms with E-state index in [1.807, 2.05) is 0 Å². The lowest BCUT2D eigenvalue weighted by molar-refractivity contribution is 0.323. The van der Waals surface area contributed by atoms with Crippen LogP contribution in [0.4, 0.5) is 0 Å². The molecule has 0 bridgehead atoms. The molecule has 0 rings (SSSR count). The van der Waals surface area contributed by atoms with E-state index in [1.165, 1.54) is 6.08 Å². The maximum Gasteiger partial charge on any atom is 0.324 e. The minimum absolute atomic E-state index is 0.164. The quantitative estimate of drug-likeness (QED) is 0.460. The van der Waals surface area contributed by atoms with Crippen LogP contribution in [0.5, 0.6) is 0 Å². The topological polar surface area (TPSA) is 52.6 Å². The SMILES string of the molecule is C=CCO[PH](=O)O[PH2]=O. The third-order valence-corrected chi connectivity index (χ3v) is 2.02. The monoisotopic (exact) mass is 170 g/mol. The molecule has 0 aliphatic rings. The highest BCUT2D eigenvalue weighted by Gasteiger charge is 1.92. The Labute approximate surface area is 55.1 Å². The summed E-state index contributed by atoms with van der Waals surface area (Å²) < 4.78 is 28.6. The van der Waals surface area contributed by atoms with Crippen molar-refractivity contribution in [3.05, 3.63) is 12.7 Å². The lowest BCUT2D eigenvalue weighted by Gasteiger charge is -1.94. The smallest absolute Gasteiger partial charge is 0.306 e. The third-order valence-electron chi connectivity index (χ3n) is 0.463. The normalized spacial score (nSPS) is 14.2. The van der Waals surface area contributed by atoms with Crippen LogP contribution in [0.15, 0.2) is 12.7 Å². The van der Waals surface area contributed by atoms with Gasteiger partial charge in [0.1, 0.15) is 0 Å². The summed E-state index contributed by atoms with van der Waals surface area (Å²) in [5, 5.41) is 0. The Morgan fingerprint density at radius 3 is 2.89 bits per heavy atom.